The molecule has 19 heavy (non-hydrogen) atoms. The average molecular weight is 341 g/mol. The van der Waals surface area contributed by atoms with Crippen LogP contribution in [0.4, 0.5) is 6.01 Å². The highest BCUT2D eigenvalue weighted by atomic mass is 35.5. The van der Waals surface area contributed by atoms with Gasteiger partial charge in [-0.3, -0.25) is 10.1 Å². The molecule has 0 spiro atoms. The molecule has 1 amide bonds. The van der Waals surface area contributed by atoms with Crippen LogP contribution in [0, 0.1) is 0 Å². The zero-order valence-corrected chi connectivity index (χ0v) is 12.3. The molecule has 5 nitrogen and oxygen atoms in total. The summed E-state index contributed by atoms with van der Waals surface area (Å²) >= 11 is 23.7. The maximum absolute atomic E-state index is 10.9. The molecule has 0 unspecified atom stereocenters. The van der Waals surface area contributed by atoms with Crippen LogP contribution in [0.2, 0.25) is 20.1 Å². The number of anilines is 1. The Kier molecular flexibility index (Phi) is 4.20. The molecular formula is C10H5Cl4N3O2. The second-order valence-corrected chi connectivity index (χ2v) is 4.98. The van der Waals surface area contributed by atoms with Crippen molar-refractivity contribution in [3.05, 3.63) is 26.2 Å². The lowest BCUT2D eigenvalue weighted by Gasteiger charge is -2.05. The van der Waals surface area contributed by atoms with Gasteiger partial charge in [0.1, 0.15) is 0 Å². The Morgan fingerprint density at radius 2 is 1.84 bits per heavy atom. The summed E-state index contributed by atoms with van der Waals surface area (Å²) < 4.78 is 5.21. The van der Waals surface area contributed by atoms with Gasteiger partial charge in [0, 0.05) is 6.92 Å². The van der Waals surface area contributed by atoms with Crippen molar-refractivity contribution in [1.82, 2.24) is 10.2 Å². The Morgan fingerprint density at radius 1 is 1.16 bits per heavy atom. The van der Waals surface area contributed by atoms with E-state index in [1.54, 1.807) is 0 Å². The lowest BCUT2D eigenvalue weighted by molar-refractivity contribution is -0.114. The smallest absolute Gasteiger partial charge is 0.322 e. The van der Waals surface area contributed by atoms with Crippen LogP contribution >= 0.6 is 46.4 Å². The third kappa shape index (κ3) is 2.95. The molecule has 0 bridgehead atoms. The molecular weight excluding hydrogens is 336 g/mol. The summed E-state index contributed by atoms with van der Waals surface area (Å²) in [6.07, 6.45) is 0. The number of hydrogen-bond acceptors (Lipinski definition) is 4. The predicted molar refractivity (Wildman–Crippen MR) is 74.1 cm³/mol. The molecule has 0 atom stereocenters. The number of nitrogens with zero attached hydrogens (tertiary/aromatic N) is 2. The van der Waals surface area contributed by atoms with Gasteiger partial charge < -0.3 is 4.42 Å². The third-order valence-electron chi connectivity index (χ3n) is 2.04. The van der Waals surface area contributed by atoms with Crippen molar-refractivity contribution < 1.29 is 9.21 Å². The van der Waals surface area contributed by atoms with Crippen molar-refractivity contribution in [2.24, 2.45) is 0 Å². The minimum Gasteiger partial charge on any atom is -0.403 e. The monoisotopic (exact) mass is 339 g/mol. The number of rotatable bonds is 2. The van der Waals surface area contributed by atoms with Crippen LogP contribution in [0.3, 0.4) is 0 Å². The van der Waals surface area contributed by atoms with Crippen molar-refractivity contribution in [3.8, 4) is 11.5 Å². The molecule has 1 heterocycles. The van der Waals surface area contributed by atoms with Gasteiger partial charge in [-0.25, -0.2) is 0 Å². The number of carbonyl (C=O) groups excluding carboxylic acids is 1. The number of hydrogen-bond donors (Lipinski definition) is 1. The quantitative estimate of drug-likeness (QED) is 0.653. The van der Waals surface area contributed by atoms with Gasteiger partial charge >= 0.3 is 6.01 Å². The Morgan fingerprint density at radius 3 is 2.47 bits per heavy atom. The van der Waals surface area contributed by atoms with E-state index in [-0.39, 0.29) is 37.9 Å². The van der Waals surface area contributed by atoms with E-state index in [2.05, 4.69) is 15.5 Å². The summed E-state index contributed by atoms with van der Waals surface area (Å²) in [5, 5.41) is 10.3. The molecule has 1 N–H and O–H groups in total. The maximum atomic E-state index is 10.9. The Bertz CT molecular complexity index is 656. The highest BCUT2D eigenvalue weighted by Gasteiger charge is 2.19. The topological polar surface area (TPSA) is 68.0 Å². The van der Waals surface area contributed by atoms with E-state index in [1.807, 2.05) is 0 Å². The molecule has 1 aromatic carbocycles. The largest absolute Gasteiger partial charge is 0.403 e. The number of amides is 1. The average Bonchev–Trinajstić information content (AvgIpc) is 2.78. The summed E-state index contributed by atoms with van der Waals surface area (Å²) in [5.74, 6) is -0.275. The third-order valence-corrected chi connectivity index (χ3v) is 3.79. The number of benzene rings is 1. The van der Waals surface area contributed by atoms with Crippen molar-refractivity contribution in [1.29, 1.82) is 0 Å². The van der Waals surface area contributed by atoms with Gasteiger partial charge in [-0.1, -0.05) is 51.5 Å². The van der Waals surface area contributed by atoms with Crippen LogP contribution in [0.5, 0.6) is 0 Å². The number of aromatic nitrogens is 2. The van der Waals surface area contributed by atoms with Crippen LogP contribution < -0.4 is 5.32 Å². The van der Waals surface area contributed by atoms with Gasteiger partial charge in [0.25, 0.3) is 5.89 Å². The fraction of sp³-hybridized carbons (Fsp3) is 0.100. The standard InChI is InChI=1S/C10H5Cl4N3O2/c1-3(18)15-10-17-16-9(19-10)4-2-5(11)7(13)8(14)6(4)12/h2H,1H3,(H,15,17,18). The highest BCUT2D eigenvalue weighted by molar-refractivity contribution is 6.52. The van der Waals surface area contributed by atoms with E-state index in [0.717, 1.165) is 0 Å². The van der Waals surface area contributed by atoms with Gasteiger partial charge in [-0.15, -0.1) is 5.10 Å². The predicted octanol–water partition coefficient (Wildman–Crippen LogP) is 4.31. The van der Waals surface area contributed by atoms with Gasteiger partial charge in [0.2, 0.25) is 5.91 Å². The zero-order valence-electron chi connectivity index (χ0n) is 9.30. The van der Waals surface area contributed by atoms with E-state index in [0.29, 0.717) is 5.56 Å². The number of nitrogens with one attached hydrogen (secondary N) is 1. The highest BCUT2D eigenvalue weighted by Crippen LogP contribution is 2.42. The fourth-order valence-electron chi connectivity index (χ4n) is 1.26. The first-order valence-corrected chi connectivity index (χ1v) is 6.35. The number of carbonyl (C=O) groups is 1. The van der Waals surface area contributed by atoms with Gasteiger partial charge in [0.05, 0.1) is 25.7 Å². The Hall–Kier alpha value is -1.01. The summed E-state index contributed by atoms with van der Waals surface area (Å²) in [7, 11) is 0. The fourth-order valence-corrected chi connectivity index (χ4v) is 2.14. The molecule has 9 heteroatoms. The summed E-state index contributed by atoms with van der Waals surface area (Å²) in [5.41, 5.74) is 0.324. The van der Waals surface area contributed by atoms with E-state index in [9.17, 15) is 4.79 Å². The van der Waals surface area contributed by atoms with E-state index < -0.39 is 0 Å². The minimum absolute atomic E-state index is 0.0549. The van der Waals surface area contributed by atoms with Crippen molar-refractivity contribution in [2.45, 2.75) is 6.92 Å². The second-order valence-electron chi connectivity index (χ2n) is 3.44. The van der Waals surface area contributed by atoms with Gasteiger partial charge in [-0.2, -0.15) is 0 Å². The summed E-state index contributed by atoms with van der Waals surface area (Å²) in [4.78, 5) is 10.9. The van der Waals surface area contributed by atoms with E-state index >= 15 is 0 Å². The van der Waals surface area contributed by atoms with Crippen LogP contribution in [-0.2, 0) is 4.79 Å². The molecule has 2 rings (SSSR count). The summed E-state index contributed by atoms with van der Waals surface area (Å²) in [6.45, 7) is 1.31. The normalized spacial score (nSPS) is 10.6. The van der Waals surface area contributed by atoms with Gasteiger partial charge in [0.15, 0.2) is 0 Å². The molecule has 2 aromatic rings. The molecule has 0 saturated carbocycles. The first-order chi connectivity index (χ1) is 8.90. The first-order valence-electron chi connectivity index (χ1n) is 4.84. The minimum atomic E-state index is -0.339. The molecule has 0 aliphatic carbocycles. The number of halogens is 4. The van der Waals surface area contributed by atoms with E-state index in [1.165, 1.54) is 13.0 Å². The van der Waals surface area contributed by atoms with Crippen LogP contribution in [0.1, 0.15) is 6.92 Å². The van der Waals surface area contributed by atoms with Crippen LogP contribution in [0.15, 0.2) is 10.5 Å². The summed E-state index contributed by atoms with van der Waals surface area (Å²) in [6, 6.07) is 1.39. The SMILES string of the molecule is CC(=O)Nc1nnc(-c2cc(Cl)c(Cl)c(Cl)c2Cl)o1. The first kappa shape index (κ1) is 14.4. The Balaban J connectivity index is 2.47. The van der Waals surface area contributed by atoms with Crippen molar-refractivity contribution in [3.63, 3.8) is 0 Å². The Labute approximate surface area is 127 Å². The molecule has 0 aliphatic heterocycles. The second kappa shape index (κ2) is 5.54. The lowest BCUT2D eigenvalue weighted by Crippen LogP contribution is -2.05. The molecule has 0 saturated heterocycles. The lowest BCUT2D eigenvalue weighted by atomic mass is 10.2. The maximum Gasteiger partial charge on any atom is 0.322 e. The molecule has 0 fully saturated rings. The van der Waals surface area contributed by atoms with Gasteiger partial charge in [-0.05, 0) is 6.07 Å². The van der Waals surface area contributed by atoms with Crippen LogP contribution in [-0.4, -0.2) is 16.1 Å². The molecule has 0 radical (unpaired) electrons. The molecule has 0 aliphatic rings. The van der Waals surface area contributed by atoms with Crippen LogP contribution in [0.25, 0.3) is 11.5 Å². The zero-order chi connectivity index (χ0) is 14.2. The van der Waals surface area contributed by atoms with Crippen molar-refractivity contribution in [2.75, 3.05) is 5.32 Å². The van der Waals surface area contributed by atoms with Crippen molar-refractivity contribution >= 4 is 58.3 Å². The van der Waals surface area contributed by atoms with E-state index in [4.69, 9.17) is 50.8 Å². The molecule has 100 valence electrons. The molecule has 1 aromatic heterocycles.